The van der Waals surface area contributed by atoms with Gasteiger partial charge in [-0.25, -0.2) is 22.2 Å². The van der Waals surface area contributed by atoms with Crippen molar-refractivity contribution in [2.45, 2.75) is 11.8 Å². The summed E-state index contributed by atoms with van der Waals surface area (Å²) < 4.78 is 37.5. The highest BCUT2D eigenvalue weighted by atomic mass is 35.5. The number of ether oxygens (including phenoxy) is 2. The summed E-state index contributed by atoms with van der Waals surface area (Å²) in [6, 6.07) is 15.2. The van der Waals surface area contributed by atoms with Crippen LogP contribution in [0.4, 0.5) is 0 Å². The third-order valence-corrected chi connectivity index (χ3v) is 6.57. The zero-order valence-electron chi connectivity index (χ0n) is 17.3. The first-order valence-electron chi connectivity index (χ1n) is 9.35. The molecule has 0 aliphatic heterocycles. The second-order valence-electron chi connectivity index (χ2n) is 6.74. The molecule has 2 aromatic carbocycles. The van der Waals surface area contributed by atoms with Crippen molar-refractivity contribution in [1.82, 2.24) is 14.1 Å². The molecule has 164 valence electrons. The van der Waals surface area contributed by atoms with Gasteiger partial charge in [0.15, 0.2) is 0 Å². The van der Waals surface area contributed by atoms with E-state index in [4.69, 9.17) is 21.1 Å². The van der Waals surface area contributed by atoms with Crippen LogP contribution in [0.1, 0.15) is 16.1 Å². The average molecular weight is 464 g/mol. The van der Waals surface area contributed by atoms with E-state index in [-0.39, 0.29) is 28.8 Å². The highest BCUT2D eigenvalue weighted by molar-refractivity contribution is 7.89. The van der Waals surface area contributed by atoms with E-state index in [2.05, 4.69) is 5.10 Å². The molecule has 0 amide bonds. The predicted octanol–water partition coefficient (Wildman–Crippen LogP) is 3.32. The van der Waals surface area contributed by atoms with E-state index < -0.39 is 16.0 Å². The quantitative estimate of drug-likeness (QED) is 0.376. The number of hydrogen-bond donors (Lipinski definition) is 0. The molecule has 3 rings (SSSR count). The fraction of sp³-hybridized carbons (Fsp3) is 0.238. The largest absolute Gasteiger partial charge is 0.490 e. The molecule has 31 heavy (non-hydrogen) atoms. The first-order valence-corrected chi connectivity index (χ1v) is 11.2. The van der Waals surface area contributed by atoms with Crippen molar-refractivity contribution in [1.29, 1.82) is 0 Å². The van der Waals surface area contributed by atoms with E-state index in [1.807, 2.05) is 30.3 Å². The third kappa shape index (κ3) is 5.07. The van der Waals surface area contributed by atoms with E-state index >= 15 is 0 Å². The molecule has 1 aromatic heterocycles. The number of nitrogens with zero attached hydrogens (tertiary/aromatic N) is 3. The number of sulfonamides is 1. The lowest BCUT2D eigenvalue weighted by molar-refractivity contribution is 0.0449. The van der Waals surface area contributed by atoms with Crippen LogP contribution in [0.3, 0.4) is 0 Å². The molecule has 0 aliphatic carbocycles. The van der Waals surface area contributed by atoms with Gasteiger partial charge < -0.3 is 9.47 Å². The van der Waals surface area contributed by atoms with Crippen LogP contribution in [-0.4, -0.2) is 55.8 Å². The van der Waals surface area contributed by atoms with Crippen LogP contribution in [0.2, 0.25) is 5.15 Å². The minimum absolute atomic E-state index is 0.0110. The summed E-state index contributed by atoms with van der Waals surface area (Å²) in [5, 5.41) is 4.49. The minimum atomic E-state index is -3.50. The number of carbonyl (C=O) groups is 1. The topological polar surface area (TPSA) is 90.7 Å². The van der Waals surface area contributed by atoms with Gasteiger partial charge >= 0.3 is 5.97 Å². The van der Waals surface area contributed by atoms with E-state index in [1.54, 1.807) is 19.1 Å². The number of aryl methyl sites for hydroxylation is 1. The Hall–Kier alpha value is -2.88. The fourth-order valence-electron chi connectivity index (χ4n) is 2.76. The predicted molar refractivity (Wildman–Crippen MR) is 116 cm³/mol. The minimum Gasteiger partial charge on any atom is -0.490 e. The van der Waals surface area contributed by atoms with E-state index in [1.165, 1.54) is 30.9 Å². The smallest absolute Gasteiger partial charge is 0.343 e. The maximum atomic E-state index is 12.5. The highest BCUT2D eigenvalue weighted by Crippen LogP contribution is 2.24. The normalized spacial score (nSPS) is 11.5. The molecule has 8 nitrogen and oxygen atoms in total. The lowest BCUT2D eigenvalue weighted by Crippen LogP contribution is -2.22. The molecule has 0 atom stereocenters. The third-order valence-electron chi connectivity index (χ3n) is 4.40. The molecular formula is C21H22ClN3O5S. The first-order chi connectivity index (χ1) is 14.7. The van der Waals surface area contributed by atoms with Gasteiger partial charge in [0.1, 0.15) is 29.7 Å². The standard InChI is InChI=1S/C21H22ClN3O5S/c1-15-19(20(22)25(23-15)16-7-5-4-6-8-16)21(26)30-14-13-29-17-9-11-18(12-10-17)31(27,28)24(2)3/h4-12H,13-14H2,1-3H3. The van der Waals surface area contributed by atoms with Gasteiger partial charge in [-0.3, -0.25) is 0 Å². The molecule has 1 heterocycles. The molecule has 0 spiro atoms. The van der Waals surface area contributed by atoms with Crippen LogP contribution < -0.4 is 4.74 Å². The summed E-state index contributed by atoms with van der Waals surface area (Å²) in [5.74, 6) is -0.138. The Bertz CT molecular complexity index is 1160. The summed E-state index contributed by atoms with van der Waals surface area (Å²) in [7, 11) is -0.571. The van der Waals surface area contributed by atoms with Crippen LogP contribution in [-0.2, 0) is 14.8 Å². The molecular weight excluding hydrogens is 442 g/mol. The fourth-order valence-corrected chi connectivity index (χ4v) is 4.01. The molecule has 0 N–H and O–H groups in total. The highest BCUT2D eigenvalue weighted by Gasteiger charge is 2.22. The maximum absolute atomic E-state index is 12.5. The molecule has 0 saturated carbocycles. The molecule has 0 fully saturated rings. The number of para-hydroxylation sites is 1. The molecule has 0 unspecified atom stereocenters. The Labute approximate surface area is 186 Å². The van der Waals surface area contributed by atoms with Gasteiger partial charge in [-0.1, -0.05) is 29.8 Å². The van der Waals surface area contributed by atoms with Crippen molar-refractivity contribution in [2.75, 3.05) is 27.3 Å². The first kappa shape index (κ1) is 22.8. The number of halogens is 1. The van der Waals surface area contributed by atoms with Gasteiger partial charge in [0.2, 0.25) is 10.0 Å². The number of carbonyl (C=O) groups excluding carboxylic acids is 1. The number of benzene rings is 2. The monoisotopic (exact) mass is 463 g/mol. The van der Waals surface area contributed by atoms with E-state index in [0.717, 1.165) is 9.99 Å². The van der Waals surface area contributed by atoms with E-state index in [0.29, 0.717) is 11.4 Å². The molecule has 3 aromatic rings. The van der Waals surface area contributed by atoms with Crippen molar-refractivity contribution in [3.8, 4) is 11.4 Å². The Morgan fingerprint density at radius 3 is 2.32 bits per heavy atom. The maximum Gasteiger partial charge on any atom is 0.343 e. The molecule has 0 bridgehead atoms. The summed E-state index contributed by atoms with van der Waals surface area (Å²) in [5.41, 5.74) is 1.39. The molecule has 0 saturated heterocycles. The van der Waals surface area contributed by atoms with Crippen molar-refractivity contribution < 1.29 is 22.7 Å². The van der Waals surface area contributed by atoms with Crippen LogP contribution in [0.5, 0.6) is 5.75 Å². The van der Waals surface area contributed by atoms with Gasteiger partial charge in [-0.15, -0.1) is 0 Å². The van der Waals surface area contributed by atoms with Gasteiger partial charge in [-0.05, 0) is 43.3 Å². The Balaban J connectivity index is 1.57. The van der Waals surface area contributed by atoms with Crippen LogP contribution in [0.25, 0.3) is 5.69 Å². The number of rotatable bonds is 8. The second-order valence-corrected chi connectivity index (χ2v) is 9.25. The molecule has 0 aliphatic rings. The van der Waals surface area contributed by atoms with Crippen molar-refractivity contribution in [2.24, 2.45) is 0 Å². The summed E-state index contributed by atoms with van der Waals surface area (Å²) >= 11 is 6.36. The van der Waals surface area contributed by atoms with Gasteiger partial charge in [-0.2, -0.15) is 5.10 Å². The van der Waals surface area contributed by atoms with Crippen LogP contribution >= 0.6 is 11.6 Å². The number of aromatic nitrogens is 2. The average Bonchev–Trinajstić information content (AvgIpc) is 3.06. The van der Waals surface area contributed by atoms with Crippen molar-refractivity contribution in [3.05, 3.63) is 71.0 Å². The van der Waals surface area contributed by atoms with Crippen LogP contribution in [0.15, 0.2) is 59.5 Å². The molecule has 10 heteroatoms. The van der Waals surface area contributed by atoms with Crippen LogP contribution in [0, 0.1) is 6.92 Å². The lowest BCUT2D eigenvalue weighted by atomic mass is 10.2. The number of hydrogen-bond acceptors (Lipinski definition) is 6. The zero-order valence-corrected chi connectivity index (χ0v) is 18.9. The summed E-state index contributed by atoms with van der Waals surface area (Å²) in [4.78, 5) is 12.6. The van der Waals surface area contributed by atoms with E-state index in [9.17, 15) is 13.2 Å². The Morgan fingerprint density at radius 1 is 1.06 bits per heavy atom. The zero-order chi connectivity index (χ0) is 22.6. The lowest BCUT2D eigenvalue weighted by Gasteiger charge is -2.12. The number of esters is 1. The van der Waals surface area contributed by atoms with Crippen molar-refractivity contribution in [3.63, 3.8) is 0 Å². The summed E-state index contributed by atoms with van der Waals surface area (Å²) in [6.07, 6.45) is 0. The second kappa shape index (κ2) is 9.51. The van der Waals surface area contributed by atoms with Gasteiger partial charge in [0.05, 0.1) is 16.3 Å². The molecule has 0 radical (unpaired) electrons. The van der Waals surface area contributed by atoms with Gasteiger partial charge in [0.25, 0.3) is 0 Å². The van der Waals surface area contributed by atoms with Gasteiger partial charge in [0, 0.05) is 14.1 Å². The Morgan fingerprint density at radius 2 is 1.71 bits per heavy atom. The Kier molecular flexibility index (Phi) is 6.99. The SMILES string of the molecule is Cc1nn(-c2ccccc2)c(Cl)c1C(=O)OCCOc1ccc(S(=O)(=O)N(C)C)cc1. The summed E-state index contributed by atoms with van der Waals surface area (Å²) in [6.45, 7) is 1.76. The van der Waals surface area contributed by atoms with Crippen molar-refractivity contribution >= 4 is 27.6 Å².